The second kappa shape index (κ2) is 5.61. The summed E-state index contributed by atoms with van der Waals surface area (Å²) in [6.07, 6.45) is 3.05. The molecule has 4 nitrogen and oxygen atoms in total. The van der Waals surface area contributed by atoms with Crippen molar-refractivity contribution in [1.29, 1.82) is 0 Å². The highest BCUT2D eigenvalue weighted by Gasteiger charge is 2.31. The van der Waals surface area contributed by atoms with Gasteiger partial charge in [0.15, 0.2) is 0 Å². The van der Waals surface area contributed by atoms with E-state index in [-0.39, 0.29) is 6.04 Å². The number of fused-ring (bicyclic) bond motifs is 1. The van der Waals surface area contributed by atoms with Gasteiger partial charge in [-0.3, -0.25) is 9.88 Å². The molecule has 1 N–H and O–H groups in total. The van der Waals surface area contributed by atoms with Crippen LogP contribution in [0.15, 0.2) is 48.8 Å². The molecule has 20 heavy (non-hydrogen) atoms. The van der Waals surface area contributed by atoms with Crippen LogP contribution >= 0.6 is 0 Å². The SMILES string of the molecule is CN(Cc1ccncc1)C1COc2ccccc2C1O. The number of rotatable bonds is 3. The van der Waals surface area contributed by atoms with Crippen LogP contribution in [0.3, 0.4) is 0 Å². The minimum atomic E-state index is -0.521. The molecule has 0 amide bonds. The summed E-state index contributed by atoms with van der Waals surface area (Å²) in [6.45, 7) is 1.26. The molecule has 1 aromatic heterocycles. The molecule has 0 bridgehead atoms. The summed E-state index contributed by atoms with van der Waals surface area (Å²) in [6, 6.07) is 11.6. The molecule has 0 saturated carbocycles. The number of para-hydroxylation sites is 1. The molecular formula is C16H18N2O2. The van der Waals surface area contributed by atoms with Crippen molar-refractivity contribution >= 4 is 0 Å². The van der Waals surface area contributed by atoms with Crippen LogP contribution < -0.4 is 4.74 Å². The van der Waals surface area contributed by atoms with Crippen LogP contribution in [-0.2, 0) is 6.54 Å². The van der Waals surface area contributed by atoms with Gasteiger partial charge in [0.25, 0.3) is 0 Å². The van der Waals surface area contributed by atoms with Gasteiger partial charge >= 0.3 is 0 Å². The Hall–Kier alpha value is -1.91. The van der Waals surface area contributed by atoms with Crippen LogP contribution in [-0.4, -0.2) is 34.7 Å². The van der Waals surface area contributed by atoms with Crippen molar-refractivity contribution < 1.29 is 9.84 Å². The van der Waals surface area contributed by atoms with Gasteiger partial charge in [-0.2, -0.15) is 0 Å². The molecular weight excluding hydrogens is 252 g/mol. The van der Waals surface area contributed by atoms with Gasteiger partial charge in [0.05, 0.1) is 6.04 Å². The summed E-state index contributed by atoms with van der Waals surface area (Å²) in [5, 5.41) is 10.5. The maximum Gasteiger partial charge on any atom is 0.125 e. The Morgan fingerprint density at radius 1 is 1.25 bits per heavy atom. The zero-order valence-electron chi connectivity index (χ0n) is 11.4. The molecule has 1 aliphatic rings. The van der Waals surface area contributed by atoms with Crippen LogP contribution in [0.5, 0.6) is 5.75 Å². The molecule has 0 aliphatic carbocycles. The largest absolute Gasteiger partial charge is 0.491 e. The smallest absolute Gasteiger partial charge is 0.125 e. The molecule has 0 fully saturated rings. The van der Waals surface area contributed by atoms with Crippen LogP contribution in [0.1, 0.15) is 17.2 Å². The average Bonchev–Trinajstić information content (AvgIpc) is 2.49. The zero-order chi connectivity index (χ0) is 13.9. The van der Waals surface area contributed by atoms with Crippen LogP contribution in [0.25, 0.3) is 0 Å². The first-order valence-electron chi connectivity index (χ1n) is 6.74. The summed E-state index contributed by atoms with van der Waals surface area (Å²) in [5.41, 5.74) is 2.04. The second-order valence-corrected chi connectivity index (χ2v) is 5.13. The van der Waals surface area contributed by atoms with Gasteiger partial charge < -0.3 is 9.84 Å². The van der Waals surface area contributed by atoms with Gasteiger partial charge in [-0.15, -0.1) is 0 Å². The number of benzene rings is 1. The number of aliphatic hydroxyl groups is 1. The molecule has 0 radical (unpaired) electrons. The van der Waals surface area contributed by atoms with E-state index in [1.165, 1.54) is 5.56 Å². The first-order chi connectivity index (χ1) is 9.75. The van der Waals surface area contributed by atoms with E-state index in [2.05, 4.69) is 9.88 Å². The van der Waals surface area contributed by atoms with Gasteiger partial charge in [0, 0.05) is 24.5 Å². The number of likely N-dealkylation sites (N-methyl/N-ethyl adjacent to an activating group) is 1. The summed E-state index contributed by atoms with van der Waals surface area (Å²) in [7, 11) is 2.01. The molecule has 0 saturated heterocycles. The highest BCUT2D eigenvalue weighted by molar-refractivity contribution is 5.37. The molecule has 1 aliphatic heterocycles. The van der Waals surface area contributed by atoms with Crippen molar-refractivity contribution in [3.05, 3.63) is 59.9 Å². The Bertz CT molecular complexity index is 574. The third-order valence-electron chi connectivity index (χ3n) is 3.76. The highest BCUT2D eigenvalue weighted by Crippen LogP contribution is 2.33. The van der Waals surface area contributed by atoms with E-state index in [9.17, 15) is 5.11 Å². The van der Waals surface area contributed by atoms with Gasteiger partial charge in [-0.05, 0) is 30.8 Å². The molecule has 0 spiro atoms. The van der Waals surface area contributed by atoms with E-state index in [1.807, 2.05) is 43.4 Å². The normalized spacial score (nSPS) is 21.4. The summed E-state index contributed by atoms with van der Waals surface area (Å²) in [4.78, 5) is 6.14. The standard InChI is InChI=1S/C16H18N2O2/c1-18(10-12-6-8-17-9-7-12)14-11-20-15-5-3-2-4-13(15)16(14)19/h2-9,14,16,19H,10-11H2,1H3. The van der Waals surface area contributed by atoms with Gasteiger partial charge in [-0.1, -0.05) is 18.2 Å². The summed E-state index contributed by atoms with van der Waals surface area (Å²) in [5.74, 6) is 0.786. The summed E-state index contributed by atoms with van der Waals surface area (Å²) < 4.78 is 5.75. The lowest BCUT2D eigenvalue weighted by atomic mass is 9.98. The molecule has 2 heterocycles. The Morgan fingerprint density at radius 3 is 2.80 bits per heavy atom. The van der Waals surface area contributed by atoms with Crippen molar-refractivity contribution in [2.24, 2.45) is 0 Å². The first kappa shape index (κ1) is 13.1. The van der Waals surface area contributed by atoms with Gasteiger partial charge in [0.2, 0.25) is 0 Å². The number of pyridine rings is 1. The number of ether oxygens (including phenoxy) is 1. The van der Waals surface area contributed by atoms with Gasteiger partial charge in [0.1, 0.15) is 18.5 Å². The Balaban J connectivity index is 1.75. The number of nitrogens with zero attached hydrogens (tertiary/aromatic N) is 2. The summed E-state index contributed by atoms with van der Waals surface area (Å²) >= 11 is 0. The third kappa shape index (κ3) is 2.53. The van der Waals surface area contributed by atoms with Crippen LogP contribution in [0, 0.1) is 0 Å². The topological polar surface area (TPSA) is 45.6 Å². The van der Waals surface area contributed by atoms with E-state index in [0.29, 0.717) is 6.61 Å². The van der Waals surface area contributed by atoms with E-state index in [0.717, 1.165) is 17.9 Å². The fraction of sp³-hybridized carbons (Fsp3) is 0.312. The van der Waals surface area contributed by atoms with E-state index < -0.39 is 6.10 Å². The number of aliphatic hydroxyl groups excluding tert-OH is 1. The third-order valence-corrected chi connectivity index (χ3v) is 3.76. The van der Waals surface area contributed by atoms with Crippen molar-refractivity contribution in [2.45, 2.75) is 18.7 Å². The number of aromatic nitrogens is 1. The van der Waals surface area contributed by atoms with E-state index >= 15 is 0 Å². The maximum atomic E-state index is 10.5. The number of hydrogen-bond acceptors (Lipinski definition) is 4. The Morgan fingerprint density at radius 2 is 2.00 bits per heavy atom. The quantitative estimate of drug-likeness (QED) is 0.926. The fourth-order valence-electron chi connectivity index (χ4n) is 2.59. The predicted octanol–water partition coefficient (Wildman–Crippen LogP) is 2.01. The van der Waals surface area contributed by atoms with Crippen LogP contribution in [0.2, 0.25) is 0 Å². The van der Waals surface area contributed by atoms with Crippen molar-refractivity contribution in [1.82, 2.24) is 9.88 Å². The molecule has 2 aromatic rings. The molecule has 1 aromatic carbocycles. The number of hydrogen-bond donors (Lipinski definition) is 1. The minimum Gasteiger partial charge on any atom is -0.491 e. The lowest BCUT2D eigenvalue weighted by Crippen LogP contribution is -2.43. The van der Waals surface area contributed by atoms with E-state index in [4.69, 9.17) is 4.74 Å². The second-order valence-electron chi connectivity index (χ2n) is 5.13. The van der Waals surface area contributed by atoms with Crippen molar-refractivity contribution in [3.63, 3.8) is 0 Å². The van der Waals surface area contributed by atoms with Gasteiger partial charge in [-0.25, -0.2) is 0 Å². The Labute approximate surface area is 118 Å². The average molecular weight is 270 g/mol. The first-order valence-corrected chi connectivity index (χ1v) is 6.74. The Kier molecular flexibility index (Phi) is 3.67. The lowest BCUT2D eigenvalue weighted by Gasteiger charge is -2.36. The van der Waals surface area contributed by atoms with E-state index in [1.54, 1.807) is 12.4 Å². The maximum absolute atomic E-state index is 10.5. The fourth-order valence-corrected chi connectivity index (χ4v) is 2.59. The molecule has 4 heteroatoms. The molecule has 2 unspecified atom stereocenters. The molecule has 2 atom stereocenters. The van der Waals surface area contributed by atoms with Crippen molar-refractivity contribution in [2.75, 3.05) is 13.7 Å². The minimum absolute atomic E-state index is 0.0435. The monoisotopic (exact) mass is 270 g/mol. The molecule has 3 rings (SSSR count). The van der Waals surface area contributed by atoms with Crippen molar-refractivity contribution in [3.8, 4) is 5.75 Å². The zero-order valence-corrected chi connectivity index (χ0v) is 11.4. The van der Waals surface area contributed by atoms with Crippen LogP contribution in [0.4, 0.5) is 0 Å². The molecule has 104 valence electrons. The highest BCUT2D eigenvalue weighted by atomic mass is 16.5. The lowest BCUT2D eigenvalue weighted by molar-refractivity contribution is 0.0118. The predicted molar refractivity (Wildman–Crippen MR) is 76.4 cm³/mol.